The van der Waals surface area contributed by atoms with Crippen LogP contribution in [0.3, 0.4) is 0 Å². The Hall–Kier alpha value is -3.43. The summed E-state index contributed by atoms with van der Waals surface area (Å²) < 4.78 is 124. The molecule has 0 radical (unpaired) electrons. The van der Waals surface area contributed by atoms with Crippen molar-refractivity contribution in [1.29, 1.82) is 0 Å². The molecule has 2 aliphatic heterocycles. The molecule has 0 spiro atoms. The largest absolute Gasteiger partial charge is 0.460 e. The van der Waals surface area contributed by atoms with Gasteiger partial charge in [-0.05, 0) is 48.5 Å². The first-order chi connectivity index (χ1) is 20.5. The van der Waals surface area contributed by atoms with Crippen LogP contribution in [0.4, 0.5) is 50.0 Å². The van der Waals surface area contributed by atoms with Crippen LogP contribution in [0.25, 0.3) is 11.3 Å². The van der Waals surface area contributed by atoms with Gasteiger partial charge in [-0.2, -0.15) is 39.5 Å². The van der Waals surface area contributed by atoms with Crippen molar-refractivity contribution in [3.63, 3.8) is 0 Å². The van der Waals surface area contributed by atoms with Gasteiger partial charge in [0.2, 0.25) is 0 Å². The summed E-state index contributed by atoms with van der Waals surface area (Å²) in [5.41, 5.74) is -4.36. The van der Waals surface area contributed by atoms with Crippen molar-refractivity contribution in [1.82, 2.24) is 14.7 Å². The van der Waals surface area contributed by atoms with E-state index in [0.717, 1.165) is 12.1 Å². The molecule has 0 aliphatic carbocycles. The number of hydrogen-bond donors (Lipinski definition) is 1. The number of amides is 2. The summed E-state index contributed by atoms with van der Waals surface area (Å²) in [4.78, 5) is 18.1. The Balaban J connectivity index is 1.11. The van der Waals surface area contributed by atoms with Crippen molar-refractivity contribution in [3.05, 3.63) is 76.0 Å². The first kappa shape index (κ1) is 32.0. The lowest BCUT2D eigenvalue weighted by Gasteiger charge is -2.47. The van der Waals surface area contributed by atoms with Gasteiger partial charge in [-0.15, -0.1) is 0 Å². The monoisotopic (exact) mass is 654 g/mol. The van der Waals surface area contributed by atoms with Gasteiger partial charge in [-0.3, -0.25) is 9.80 Å². The molecule has 0 saturated carbocycles. The molecular weight excluding hydrogens is 631 g/mol. The molecule has 3 heterocycles. The summed E-state index contributed by atoms with van der Waals surface area (Å²) in [5, 5.41) is 2.26. The van der Waals surface area contributed by atoms with Crippen LogP contribution >= 0.6 is 11.6 Å². The molecule has 3 aromatic rings. The Morgan fingerprint density at radius 2 is 1.39 bits per heavy atom. The zero-order valence-corrected chi connectivity index (χ0v) is 23.3. The zero-order valence-electron chi connectivity index (χ0n) is 22.6. The van der Waals surface area contributed by atoms with Crippen molar-refractivity contribution in [2.75, 3.05) is 44.6 Å². The minimum atomic E-state index is -5.03. The molecule has 1 N–H and O–H groups in total. The minimum absolute atomic E-state index is 0.00821. The van der Waals surface area contributed by atoms with Gasteiger partial charge in [0.15, 0.2) is 0 Å². The summed E-state index contributed by atoms with van der Waals surface area (Å²) in [5.74, 6) is 0.749. The number of likely N-dealkylation sites (tertiary alicyclic amines) is 1. The fraction of sp³-hybridized carbons (Fsp3) is 0.393. The second-order valence-corrected chi connectivity index (χ2v) is 11.0. The summed E-state index contributed by atoms with van der Waals surface area (Å²) in [6.07, 6.45) is -14.6. The molecule has 2 saturated heterocycles. The van der Waals surface area contributed by atoms with E-state index in [-0.39, 0.29) is 41.5 Å². The topological polar surface area (TPSA) is 52.0 Å². The van der Waals surface area contributed by atoms with Crippen LogP contribution in [0.1, 0.15) is 22.5 Å². The number of furan rings is 1. The first-order valence-electron chi connectivity index (χ1n) is 13.2. The van der Waals surface area contributed by atoms with Crippen LogP contribution in [0.5, 0.6) is 0 Å². The Bertz CT molecular complexity index is 1470. The minimum Gasteiger partial charge on any atom is -0.460 e. The van der Waals surface area contributed by atoms with E-state index < -0.39 is 46.9 Å². The number of nitrogens with zero attached hydrogens (tertiary/aromatic N) is 3. The van der Waals surface area contributed by atoms with Crippen LogP contribution in [-0.4, -0.2) is 66.0 Å². The van der Waals surface area contributed by atoms with Gasteiger partial charge >= 0.3 is 24.6 Å². The lowest BCUT2D eigenvalue weighted by Crippen LogP contribution is -2.64. The molecular formula is C28H24ClF9N4O2. The Labute approximate surface area is 249 Å². The van der Waals surface area contributed by atoms with E-state index >= 15 is 0 Å². The van der Waals surface area contributed by atoms with Crippen molar-refractivity contribution < 1.29 is 48.7 Å². The van der Waals surface area contributed by atoms with Crippen LogP contribution in [0, 0.1) is 0 Å². The van der Waals surface area contributed by atoms with Crippen LogP contribution in [0.2, 0.25) is 5.02 Å². The van der Waals surface area contributed by atoms with Gasteiger partial charge in [0, 0.05) is 56.6 Å². The van der Waals surface area contributed by atoms with Crippen molar-refractivity contribution in [3.8, 4) is 11.3 Å². The predicted octanol–water partition coefficient (Wildman–Crippen LogP) is 7.69. The average Bonchev–Trinajstić information content (AvgIpc) is 3.35. The third kappa shape index (κ3) is 7.26. The van der Waals surface area contributed by atoms with E-state index in [4.69, 9.17) is 16.0 Å². The maximum absolute atomic E-state index is 13.1. The van der Waals surface area contributed by atoms with Gasteiger partial charge in [-0.1, -0.05) is 11.6 Å². The number of rotatable bonds is 5. The highest BCUT2D eigenvalue weighted by Crippen LogP contribution is 2.38. The van der Waals surface area contributed by atoms with E-state index in [0.29, 0.717) is 50.6 Å². The Morgan fingerprint density at radius 3 is 1.95 bits per heavy atom. The SMILES string of the molecule is O=C(Nc1cc(C(F)(F)F)cc(C(F)(F)F)c1)N1CC(N2CCN(Cc3ccc(-c4cc(C(F)(F)F)ccc4Cl)o3)CC2)C1. The second-order valence-electron chi connectivity index (χ2n) is 10.6. The molecule has 16 heteroatoms. The molecule has 0 atom stereocenters. The molecule has 6 nitrogen and oxygen atoms in total. The van der Waals surface area contributed by atoms with Gasteiger partial charge in [0.1, 0.15) is 11.5 Å². The maximum atomic E-state index is 13.1. The molecule has 5 rings (SSSR count). The smallest absolute Gasteiger partial charge is 0.416 e. The lowest BCUT2D eigenvalue weighted by atomic mass is 10.1. The number of benzene rings is 2. The highest BCUT2D eigenvalue weighted by molar-refractivity contribution is 6.33. The van der Waals surface area contributed by atoms with Crippen LogP contribution in [0.15, 0.2) is 52.9 Å². The molecule has 0 bridgehead atoms. The number of urea groups is 1. The second kappa shape index (κ2) is 11.8. The van der Waals surface area contributed by atoms with Gasteiger partial charge in [-0.25, -0.2) is 4.79 Å². The fourth-order valence-electron chi connectivity index (χ4n) is 5.09. The quantitative estimate of drug-likeness (QED) is 0.287. The number of nitrogens with one attached hydrogen (secondary N) is 1. The molecule has 44 heavy (non-hydrogen) atoms. The van der Waals surface area contributed by atoms with Gasteiger partial charge < -0.3 is 14.6 Å². The number of piperazine rings is 1. The summed E-state index contributed by atoms with van der Waals surface area (Å²) in [6, 6.07) is 6.30. The lowest BCUT2D eigenvalue weighted by molar-refractivity contribution is -0.143. The number of anilines is 1. The molecule has 1 aromatic heterocycles. The number of halogens is 10. The molecule has 2 aliphatic rings. The summed E-state index contributed by atoms with van der Waals surface area (Å²) in [6.45, 7) is 3.37. The number of hydrogen-bond acceptors (Lipinski definition) is 4. The number of alkyl halides is 9. The number of carbonyl (C=O) groups excluding carboxylic acids is 1. The van der Waals surface area contributed by atoms with Gasteiger partial charge in [0.05, 0.1) is 28.3 Å². The van der Waals surface area contributed by atoms with E-state index in [1.54, 1.807) is 12.1 Å². The van der Waals surface area contributed by atoms with Crippen molar-refractivity contribution in [2.24, 2.45) is 0 Å². The first-order valence-corrected chi connectivity index (χ1v) is 13.6. The maximum Gasteiger partial charge on any atom is 0.416 e. The third-order valence-corrected chi connectivity index (χ3v) is 7.84. The zero-order chi connectivity index (χ0) is 32.0. The molecule has 0 unspecified atom stereocenters. The fourth-order valence-corrected chi connectivity index (χ4v) is 5.30. The molecule has 2 fully saturated rings. The van der Waals surface area contributed by atoms with E-state index in [1.807, 2.05) is 0 Å². The molecule has 238 valence electrons. The predicted molar refractivity (Wildman–Crippen MR) is 142 cm³/mol. The van der Waals surface area contributed by atoms with Crippen molar-refractivity contribution >= 4 is 23.3 Å². The standard InChI is InChI=1S/C28H24ClF9N4O2/c29-23-3-1-16(26(30,31)32)12-22(23)24-4-2-21(44-24)15-40-5-7-41(8-6-40)20-13-42(14-20)25(43)39-19-10-17(27(33,34)35)9-18(11-19)28(36,37)38/h1-4,9-12,20H,5-8,13-15H2,(H,39,43). The normalized spacial score (nSPS) is 17.5. The highest BCUT2D eigenvalue weighted by atomic mass is 35.5. The number of carbonyl (C=O) groups is 1. The summed E-state index contributed by atoms with van der Waals surface area (Å²) in [7, 11) is 0. The summed E-state index contributed by atoms with van der Waals surface area (Å²) >= 11 is 6.11. The Kier molecular flexibility index (Phi) is 8.59. The van der Waals surface area contributed by atoms with E-state index in [9.17, 15) is 44.3 Å². The third-order valence-electron chi connectivity index (χ3n) is 7.51. The molecule has 2 amide bonds. The van der Waals surface area contributed by atoms with Gasteiger partial charge in [0.25, 0.3) is 0 Å². The highest BCUT2D eigenvalue weighted by Gasteiger charge is 2.39. The van der Waals surface area contributed by atoms with Crippen molar-refractivity contribution in [2.45, 2.75) is 31.1 Å². The van der Waals surface area contributed by atoms with Crippen LogP contribution < -0.4 is 5.32 Å². The van der Waals surface area contributed by atoms with Crippen LogP contribution in [-0.2, 0) is 25.1 Å². The molecule has 2 aromatic carbocycles. The van der Waals surface area contributed by atoms with E-state index in [1.165, 1.54) is 11.0 Å². The average molecular weight is 655 g/mol. The Morgan fingerprint density at radius 1 is 0.795 bits per heavy atom. The van der Waals surface area contributed by atoms with E-state index in [2.05, 4.69) is 15.1 Å².